The number of benzene rings is 1. The van der Waals surface area contributed by atoms with E-state index in [1.54, 1.807) is 19.1 Å². The topological polar surface area (TPSA) is 125 Å². The Bertz CT molecular complexity index is 872. The van der Waals surface area contributed by atoms with Gasteiger partial charge in [-0.2, -0.15) is 0 Å². The minimum atomic E-state index is -0.817. The number of ether oxygens (including phenoxy) is 3. The molecule has 1 aromatic carbocycles. The van der Waals surface area contributed by atoms with Gasteiger partial charge in [-0.3, -0.25) is 0 Å². The van der Waals surface area contributed by atoms with Crippen molar-refractivity contribution in [3.63, 3.8) is 0 Å². The second kappa shape index (κ2) is 7.87. The fraction of sp³-hybridized carbons (Fsp3) is 0.235. The Morgan fingerprint density at radius 1 is 1.12 bits per heavy atom. The first kappa shape index (κ1) is 19.3. The number of aryl methyl sites for hydroxylation is 1. The average molecular weight is 379 g/mol. The molecular weight excluding hydrogens is 362 g/mol. The van der Waals surface area contributed by atoms with Crippen LogP contribution in [0.2, 0.25) is 0 Å². The number of anilines is 1. The van der Waals surface area contributed by atoms with Crippen molar-refractivity contribution in [3.05, 3.63) is 45.3 Å². The molecule has 26 heavy (non-hydrogen) atoms. The first-order valence-electron chi connectivity index (χ1n) is 7.35. The number of esters is 3. The first-order valence-corrected chi connectivity index (χ1v) is 8.16. The smallest absolute Gasteiger partial charge is 0.348 e. The largest absolute Gasteiger partial charge is 0.507 e. The molecule has 0 bridgehead atoms. The van der Waals surface area contributed by atoms with Crippen molar-refractivity contribution in [2.75, 3.05) is 20.0 Å². The van der Waals surface area contributed by atoms with Crippen LogP contribution < -0.4 is 5.73 Å². The summed E-state index contributed by atoms with van der Waals surface area (Å²) in [6.07, 6.45) is 0. The van der Waals surface area contributed by atoms with Crippen LogP contribution in [0.4, 0.5) is 5.00 Å². The molecule has 1 heterocycles. The lowest BCUT2D eigenvalue weighted by atomic mass is 10.1. The molecule has 0 fully saturated rings. The molecule has 2 rings (SSSR count). The van der Waals surface area contributed by atoms with Crippen LogP contribution in [-0.2, 0) is 20.8 Å². The number of hydrogen-bond donors (Lipinski definition) is 2. The summed E-state index contributed by atoms with van der Waals surface area (Å²) in [6, 6.07) is 4.62. The molecule has 1 aromatic heterocycles. The van der Waals surface area contributed by atoms with Crippen LogP contribution in [0.3, 0.4) is 0 Å². The molecule has 0 radical (unpaired) electrons. The first-order chi connectivity index (χ1) is 12.3. The van der Waals surface area contributed by atoms with Crippen LogP contribution in [-0.4, -0.2) is 37.2 Å². The number of methoxy groups -OCH3 is 2. The maximum atomic E-state index is 12.3. The highest BCUT2D eigenvalue weighted by Gasteiger charge is 2.28. The molecule has 3 N–H and O–H groups in total. The van der Waals surface area contributed by atoms with E-state index >= 15 is 0 Å². The van der Waals surface area contributed by atoms with Gasteiger partial charge in [0.15, 0.2) is 0 Å². The van der Waals surface area contributed by atoms with E-state index in [9.17, 15) is 19.5 Å². The van der Waals surface area contributed by atoms with Crippen molar-refractivity contribution < 1.29 is 33.7 Å². The molecule has 2 aromatic rings. The minimum Gasteiger partial charge on any atom is -0.507 e. The van der Waals surface area contributed by atoms with Crippen molar-refractivity contribution in [2.45, 2.75) is 13.5 Å². The number of phenolic OH excluding ortho intramolecular Hbond substituents is 1. The number of rotatable bonds is 5. The standard InChI is InChI=1S/C17H17NO7S/c1-8-5-4-6-9(12(8)19)15(20)25-7-10-11(16(21)23-2)14(18)26-13(10)17(22)24-3/h4-6,19H,7,18H2,1-3H3. The van der Waals surface area contributed by atoms with E-state index in [-0.39, 0.29) is 32.3 Å². The van der Waals surface area contributed by atoms with Crippen LogP contribution in [0, 0.1) is 6.92 Å². The summed E-state index contributed by atoms with van der Waals surface area (Å²) >= 11 is 0.832. The number of carbonyl (C=O) groups is 3. The predicted octanol–water partition coefficient (Wildman–Crippen LogP) is 2.27. The number of nitrogen functional groups attached to an aromatic ring is 1. The molecule has 0 atom stereocenters. The molecule has 0 saturated carbocycles. The van der Waals surface area contributed by atoms with Crippen LogP contribution in [0.5, 0.6) is 5.75 Å². The summed E-state index contributed by atoms with van der Waals surface area (Å²) in [5.74, 6) is -2.51. The third-order valence-electron chi connectivity index (χ3n) is 3.60. The van der Waals surface area contributed by atoms with E-state index < -0.39 is 24.5 Å². The van der Waals surface area contributed by atoms with E-state index in [4.69, 9.17) is 10.5 Å². The third kappa shape index (κ3) is 3.62. The van der Waals surface area contributed by atoms with Crippen molar-refractivity contribution in [1.82, 2.24) is 0 Å². The lowest BCUT2D eigenvalue weighted by molar-refractivity contribution is 0.0449. The fourth-order valence-electron chi connectivity index (χ4n) is 2.25. The normalized spacial score (nSPS) is 10.3. The lowest BCUT2D eigenvalue weighted by Gasteiger charge is -2.09. The van der Waals surface area contributed by atoms with Gasteiger partial charge in [0.2, 0.25) is 0 Å². The molecule has 0 saturated heterocycles. The molecule has 0 aliphatic carbocycles. The van der Waals surface area contributed by atoms with E-state index in [1.807, 2.05) is 0 Å². The highest BCUT2D eigenvalue weighted by Crippen LogP contribution is 2.33. The van der Waals surface area contributed by atoms with Crippen molar-refractivity contribution in [3.8, 4) is 5.75 Å². The van der Waals surface area contributed by atoms with Gasteiger partial charge in [0.05, 0.1) is 14.2 Å². The van der Waals surface area contributed by atoms with E-state index in [0.29, 0.717) is 5.56 Å². The molecule has 0 unspecified atom stereocenters. The van der Waals surface area contributed by atoms with Gasteiger partial charge >= 0.3 is 17.9 Å². The molecule has 138 valence electrons. The van der Waals surface area contributed by atoms with E-state index in [0.717, 1.165) is 18.4 Å². The number of aromatic hydroxyl groups is 1. The number of hydrogen-bond acceptors (Lipinski definition) is 9. The summed E-state index contributed by atoms with van der Waals surface area (Å²) in [7, 11) is 2.34. The number of para-hydroxylation sites is 1. The Morgan fingerprint density at radius 3 is 2.38 bits per heavy atom. The minimum absolute atomic E-state index is 0.0339. The monoisotopic (exact) mass is 379 g/mol. The Labute approximate surface area is 153 Å². The highest BCUT2D eigenvalue weighted by atomic mass is 32.1. The Kier molecular flexibility index (Phi) is 5.83. The van der Waals surface area contributed by atoms with Gasteiger partial charge in [-0.25, -0.2) is 14.4 Å². The number of phenols is 1. The van der Waals surface area contributed by atoms with Crippen LogP contribution in [0.15, 0.2) is 18.2 Å². The zero-order valence-corrected chi connectivity index (χ0v) is 15.1. The van der Waals surface area contributed by atoms with Gasteiger partial charge < -0.3 is 25.1 Å². The summed E-state index contributed by atoms with van der Waals surface area (Å²) in [5, 5.41) is 10.0. The molecule has 0 amide bonds. The molecular formula is C17H17NO7S. The quantitative estimate of drug-likeness (QED) is 0.599. The van der Waals surface area contributed by atoms with E-state index in [1.165, 1.54) is 13.2 Å². The zero-order valence-electron chi connectivity index (χ0n) is 14.3. The van der Waals surface area contributed by atoms with Crippen molar-refractivity contribution >= 4 is 34.2 Å². The van der Waals surface area contributed by atoms with E-state index in [2.05, 4.69) is 9.47 Å². The molecule has 9 heteroatoms. The summed E-state index contributed by atoms with van der Waals surface area (Å²) < 4.78 is 14.5. The van der Waals surface area contributed by atoms with Gasteiger partial charge in [0.1, 0.15) is 33.4 Å². The number of nitrogens with two attached hydrogens (primary N) is 1. The Morgan fingerprint density at radius 2 is 1.77 bits per heavy atom. The van der Waals surface area contributed by atoms with Gasteiger partial charge in [0.25, 0.3) is 0 Å². The van der Waals surface area contributed by atoms with Crippen LogP contribution in [0.25, 0.3) is 0 Å². The summed E-state index contributed by atoms with van der Waals surface area (Å²) in [6.45, 7) is 1.21. The fourth-order valence-corrected chi connectivity index (χ4v) is 3.22. The van der Waals surface area contributed by atoms with Crippen LogP contribution >= 0.6 is 11.3 Å². The molecule has 0 aliphatic heterocycles. The maximum Gasteiger partial charge on any atom is 0.348 e. The predicted molar refractivity (Wildman–Crippen MR) is 93.4 cm³/mol. The SMILES string of the molecule is COC(=O)c1sc(N)c(C(=O)OC)c1COC(=O)c1cccc(C)c1O. The van der Waals surface area contributed by atoms with Crippen molar-refractivity contribution in [2.24, 2.45) is 0 Å². The van der Waals surface area contributed by atoms with Crippen LogP contribution in [0.1, 0.15) is 41.5 Å². The second-order valence-corrected chi connectivity index (χ2v) is 6.23. The number of thiophene rings is 1. The molecule has 0 spiro atoms. The molecule has 8 nitrogen and oxygen atoms in total. The van der Waals surface area contributed by atoms with Crippen molar-refractivity contribution in [1.29, 1.82) is 0 Å². The van der Waals surface area contributed by atoms with Gasteiger partial charge in [0, 0.05) is 5.56 Å². The zero-order chi connectivity index (χ0) is 19.4. The number of carbonyl (C=O) groups excluding carboxylic acids is 3. The summed E-state index contributed by atoms with van der Waals surface area (Å²) in [5.41, 5.74) is 6.30. The highest BCUT2D eigenvalue weighted by molar-refractivity contribution is 7.18. The van der Waals surface area contributed by atoms with Gasteiger partial charge in [-0.15, -0.1) is 11.3 Å². The maximum absolute atomic E-state index is 12.3. The Hall–Kier alpha value is -3.07. The second-order valence-electron chi connectivity index (χ2n) is 5.18. The average Bonchev–Trinajstić information content (AvgIpc) is 2.96. The summed E-state index contributed by atoms with van der Waals surface area (Å²) in [4.78, 5) is 36.2. The molecule has 0 aliphatic rings. The third-order valence-corrected chi connectivity index (χ3v) is 4.64. The van der Waals surface area contributed by atoms with Gasteiger partial charge in [-0.1, -0.05) is 12.1 Å². The van der Waals surface area contributed by atoms with Gasteiger partial charge in [-0.05, 0) is 18.6 Å². The Balaban J connectivity index is 2.36. The lowest BCUT2D eigenvalue weighted by Crippen LogP contribution is -2.13.